The van der Waals surface area contributed by atoms with Crippen LogP contribution in [0.25, 0.3) is 5.70 Å². The van der Waals surface area contributed by atoms with Crippen molar-refractivity contribution in [3.8, 4) is 11.5 Å². The van der Waals surface area contributed by atoms with Crippen molar-refractivity contribution in [2.75, 3.05) is 84.0 Å². The van der Waals surface area contributed by atoms with Gasteiger partial charge in [0, 0.05) is 90.1 Å². The van der Waals surface area contributed by atoms with E-state index in [0.29, 0.717) is 124 Å². The third kappa shape index (κ3) is 15.6. The zero-order valence-electron chi connectivity index (χ0n) is 44.1. The standard InChI is InChI=1S/C58H66Cl3FN8O7/c1-58(2,3)30-42-34-69(35-48(37-12-14-39(59)15-13-37)70(42)57-47(63)28-41(61)33-68-57)53(73)29-52(72)66-21-23-77-25-24-76-22-7-9-49(71)44-17-11-36(26-51(44)75-5)19-20-65-31-38-32-67-56(54-46(62)8-6-10-50(54)74-4)45-27-40(60)16-18-43(45)55(38)64/h6,8,10-18,26-28,31,33,42,48H,7,9,19-25,29-30,32,34-35,63-64H2,1-5H3,(H,66,72)/t42?,48-/m0/s1. The maximum atomic E-state index is 15.3. The van der Waals surface area contributed by atoms with Crippen molar-refractivity contribution >= 4 is 81.5 Å². The second-order valence-corrected chi connectivity index (χ2v) is 21.3. The van der Waals surface area contributed by atoms with Gasteiger partial charge in [-0.25, -0.2) is 9.37 Å². The molecule has 19 heteroatoms. The molecule has 7 rings (SSSR count). The maximum Gasteiger partial charge on any atom is 0.232 e. The van der Waals surface area contributed by atoms with E-state index in [1.165, 1.54) is 20.3 Å². The number of carbonyl (C=O) groups is 3. The molecule has 5 aromatic rings. The van der Waals surface area contributed by atoms with Gasteiger partial charge in [-0.05, 0) is 90.4 Å². The number of benzene rings is 4. The molecule has 3 heterocycles. The average Bonchev–Trinajstić information content (AvgIpc) is 3.54. The smallest absolute Gasteiger partial charge is 0.232 e. The largest absolute Gasteiger partial charge is 0.496 e. The van der Waals surface area contributed by atoms with Gasteiger partial charge in [0.1, 0.15) is 23.7 Å². The summed E-state index contributed by atoms with van der Waals surface area (Å²) >= 11 is 18.9. The molecule has 15 nitrogen and oxygen atoms in total. The molecule has 1 unspecified atom stereocenters. The average molecular weight is 1110 g/mol. The first kappa shape index (κ1) is 58.1. The van der Waals surface area contributed by atoms with E-state index in [1.54, 1.807) is 59.8 Å². The second kappa shape index (κ2) is 27.2. The van der Waals surface area contributed by atoms with Crippen LogP contribution < -0.4 is 31.2 Å². The van der Waals surface area contributed by atoms with E-state index in [4.69, 9.17) is 70.2 Å². The number of amides is 2. The highest BCUT2D eigenvalue weighted by Gasteiger charge is 2.41. The number of carbonyl (C=O) groups excluding carboxylic acids is 3. The van der Waals surface area contributed by atoms with E-state index >= 15 is 4.39 Å². The number of fused-ring (bicyclic) bond motifs is 1. The Labute approximate surface area is 464 Å². The number of aliphatic imine (C=N–C) groups is 2. The molecule has 0 spiro atoms. The summed E-state index contributed by atoms with van der Waals surface area (Å²) in [6.07, 6.45) is 4.98. The molecule has 0 aliphatic carbocycles. The van der Waals surface area contributed by atoms with Gasteiger partial charge in [0.15, 0.2) is 11.6 Å². The lowest BCUT2D eigenvalue weighted by Crippen LogP contribution is -2.58. The zero-order chi connectivity index (χ0) is 55.2. The monoisotopic (exact) mass is 1110 g/mol. The first-order valence-electron chi connectivity index (χ1n) is 25.5. The summed E-state index contributed by atoms with van der Waals surface area (Å²) < 4.78 is 37.8. The number of rotatable bonds is 23. The Kier molecular flexibility index (Phi) is 20.5. The minimum atomic E-state index is -0.480. The highest BCUT2D eigenvalue weighted by molar-refractivity contribution is 6.32. The van der Waals surface area contributed by atoms with Crippen LogP contribution in [0.2, 0.25) is 15.1 Å². The number of ether oxygens (including phenoxy) is 4. The molecular formula is C58H66Cl3FN8O7. The Bertz CT molecular complexity index is 3000. The van der Waals surface area contributed by atoms with Crippen LogP contribution in [0.3, 0.4) is 0 Å². The Morgan fingerprint density at radius 2 is 1.60 bits per heavy atom. The van der Waals surface area contributed by atoms with Crippen molar-refractivity contribution in [1.82, 2.24) is 15.2 Å². The number of halogens is 4. The number of ketones is 1. The number of anilines is 2. The fourth-order valence-corrected chi connectivity index (χ4v) is 9.98. The number of hydrogen-bond donors (Lipinski definition) is 3. The topological polar surface area (TPSA) is 196 Å². The van der Waals surface area contributed by atoms with Crippen LogP contribution >= 0.6 is 34.8 Å². The van der Waals surface area contributed by atoms with Gasteiger partial charge in [0.2, 0.25) is 11.8 Å². The fraction of sp³-hybridized carbons (Fsp3) is 0.379. The van der Waals surface area contributed by atoms with Gasteiger partial charge in [0.05, 0.1) is 74.2 Å². The normalized spacial score (nSPS) is 15.8. The van der Waals surface area contributed by atoms with E-state index in [1.807, 2.05) is 36.4 Å². The molecule has 1 fully saturated rings. The Morgan fingerprint density at radius 1 is 0.857 bits per heavy atom. The number of pyridine rings is 1. The molecule has 4 aromatic carbocycles. The first-order chi connectivity index (χ1) is 36.9. The summed E-state index contributed by atoms with van der Waals surface area (Å²) in [5.74, 6) is 0.161. The van der Waals surface area contributed by atoms with E-state index < -0.39 is 11.7 Å². The van der Waals surface area contributed by atoms with Gasteiger partial charge >= 0.3 is 0 Å². The van der Waals surface area contributed by atoms with Crippen molar-refractivity contribution in [2.45, 2.75) is 65.0 Å². The van der Waals surface area contributed by atoms with Crippen molar-refractivity contribution < 1.29 is 37.7 Å². The molecule has 2 atom stereocenters. The number of Topliss-reactive ketones (excluding diaryl/α,β-unsaturated/α-hetero) is 1. The quantitative estimate of drug-likeness (QED) is 0.0244. The molecule has 1 saturated heterocycles. The van der Waals surface area contributed by atoms with Crippen molar-refractivity contribution in [1.29, 1.82) is 0 Å². The molecule has 0 bridgehead atoms. The number of nitrogens with two attached hydrogens (primary N) is 2. The van der Waals surface area contributed by atoms with Crippen LogP contribution in [-0.2, 0) is 25.5 Å². The molecular weight excluding hydrogens is 1050 g/mol. The lowest BCUT2D eigenvalue weighted by atomic mass is 9.85. The second-order valence-electron chi connectivity index (χ2n) is 20.0. The SMILES string of the molecule is COc1cc(CCN=CC2=C(N)c3ccc(Cl)cc3C(c3c(F)cccc3OC)=NC2)ccc1C(=O)CCCOCCOCCNC(=O)CC(=O)N1CC(CC(C)(C)C)N(c2ncc(Cl)cc2N)[C@H](c2ccc(Cl)cc2)C1. The third-order valence-electron chi connectivity index (χ3n) is 13.1. The third-order valence-corrected chi connectivity index (χ3v) is 13.8. The Balaban J connectivity index is 0.816. The fourth-order valence-electron chi connectivity index (χ4n) is 9.52. The summed E-state index contributed by atoms with van der Waals surface area (Å²) in [4.78, 5) is 58.1. The number of nitrogens with zero attached hydrogens (tertiary/aromatic N) is 5. The minimum absolute atomic E-state index is 0.0699. The summed E-state index contributed by atoms with van der Waals surface area (Å²) in [6, 6.07) is 24.0. The minimum Gasteiger partial charge on any atom is -0.496 e. The summed E-state index contributed by atoms with van der Waals surface area (Å²) in [5.41, 5.74) is 18.8. The number of nitrogen functional groups attached to an aromatic ring is 1. The van der Waals surface area contributed by atoms with Crippen LogP contribution in [0, 0.1) is 11.2 Å². The van der Waals surface area contributed by atoms with Gasteiger partial charge < -0.3 is 45.5 Å². The van der Waals surface area contributed by atoms with Crippen molar-refractivity contribution in [3.63, 3.8) is 0 Å². The van der Waals surface area contributed by atoms with Gasteiger partial charge in [-0.15, -0.1) is 0 Å². The van der Waals surface area contributed by atoms with E-state index in [9.17, 15) is 14.4 Å². The predicted molar refractivity (Wildman–Crippen MR) is 304 cm³/mol. The van der Waals surface area contributed by atoms with Gasteiger partial charge in [-0.3, -0.25) is 24.4 Å². The van der Waals surface area contributed by atoms with Crippen LogP contribution in [0.1, 0.15) is 90.7 Å². The lowest BCUT2D eigenvalue weighted by molar-refractivity contribution is -0.137. The molecule has 2 aliphatic rings. The molecule has 2 aliphatic heterocycles. The Hall–Kier alpha value is -6.56. The van der Waals surface area contributed by atoms with Gasteiger partial charge in [-0.2, -0.15) is 0 Å². The van der Waals surface area contributed by atoms with E-state index in [0.717, 1.165) is 11.1 Å². The molecule has 0 radical (unpaired) electrons. The molecule has 77 heavy (non-hydrogen) atoms. The molecule has 1 aromatic heterocycles. The predicted octanol–water partition coefficient (Wildman–Crippen LogP) is 10.0. The van der Waals surface area contributed by atoms with E-state index in [-0.39, 0.29) is 73.9 Å². The van der Waals surface area contributed by atoms with Crippen molar-refractivity contribution in [2.24, 2.45) is 21.1 Å². The number of nitrogens with one attached hydrogen (secondary N) is 1. The van der Waals surface area contributed by atoms with Crippen molar-refractivity contribution in [3.05, 3.63) is 151 Å². The van der Waals surface area contributed by atoms with Crippen LogP contribution in [0.5, 0.6) is 11.5 Å². The number of methoxy groups -OCH3 is 2. The molecule has 0 saturated carbocycles. The molecule has 408 valence electrons. The van der Waals surface area contributed by atoms with E-state index in [2.05, 4.69) is 41.0 Å². The zero-order valence-corrected chi connectivity index (χ0v) is 46.3. The summed E-state index contributed by atoms with van der Waals surface area (Å²) in [6.45, 7) is 9.07. The lowest BCUT2D eigenvalue weighted by Gasteiger charge is -2.49. The number of hydrogen-bond acceptors (Lipinski definition) is 13. The number of aromatic nitrogens is 1. The summed E-state index contributed by atoms with van der Waals surface area (Å²) in [5, 5.41) is 4.27. The summed E-state index contributed by atoms with van der Waals surface area (Å²) in [7, 11) is 3.01. The van der Waals surface area contributed by atoms with Gasteiger partial charge in [0.25, 0.3) is 0 Å². The molecule has 5 N–H and O–H groups in total. The maximum absolute atomic E-state index is 15.3. The van der Waals surface area contributed by atoms with Crippen LogP contribution in [0.4, 0.5) is 15.9 Å². The highest BCUT2D eigenvalue weighted by Crippen LogP contribution is 2.40. The highest BCUT2D eigenvalue weighted by atomic mass is 35.5. The first-order valence-corrected chi connectivity index (χ1v) is 26.6. The number of piperazine rings is 1. The van der Waals surface area contributed by atoms with Crippen LogP contribution in [-0.4, -0.2) is 119 Å². The van der Waals surface area contributed by atoms with Crippen LogP contribution in [0.15, 0.2) is 107 Å². The Morgan fingerprint density at radius 3 is 2.32 bits per heavy atom. The molecule has 2 amide bonds. The van der Waals surface area contributed by atoms with Gasteiger partial charge in [-0.1, -0.05) is 85.9 Å².